The molecule has 3 aromatic carbocycles. The molecule has 2 aliphatic rings. The van der Waals surface area contributed by atoms with Crippen LogP contribution in [0.15, 0.2) is 36.4 Å². The van der Waals surface area contributed by atoms with Crippen molar-refractivity contribution >= 4 is 5.57 Å². The molecule has 3 aromatic rings. The van der Waals surface area contributed by atoms with Crippen molar-refractivity contribution in [2.75, 3.05) is 0 Å². The average Bonchev–Trinajstić information content (AvgIpc) is 3.28. The minimum atomic E-state index is -1.27. The molecule has 0 aromatic heterocycles. The number of hydrogen-bond acceptors (Lipinski definition) is 0. The number of fused-ring (bicyclic) bond motifs is 3. The van der Waals surface area contributed by atoms with Crippen LogP contribution >= 0.6 is 0 Å². The lowest BCUT2D eigenvalue weighted by Crippen LogP contribution is -2.06. The minimum absolute atomic E-state index is 0.0453. The monoisotopic (exact) mass is 524 g/mol. The van der Waals surface area contributed by atoms with Crippen LogP contribution in [0.1, 0.15) is 87.5 Å². The van der Waals surface area contributed by atoms with E-state index in [0.29, 0.717) is 29.9 Å². The van der Waals surface area contributed by atoms with Gasteiger partial charge in [-0.3, -0.25) is 0 Å². The van der Waals surface area contributed by atoms with Gasteiger partial charge < -0.3 is 0 Å². The van der Waals surface area contributed by atoms with Crippen LogP contribution in [0.4, 0.5) is 22.0 Å². The lowest BCUT2D eigenvalue weighted by atomic mass is 9.83. The smallest absolute Gasteiger partial charge is 0.167 e. The number of rotatable bonds is 8. The van der Waals surface area contributed by atoms with Crippen molar-refractivity contribution in [1.82, 2.24) is 0 Å². The Balaban J connectivity index is 1.44. The summed E-state index contributed by atoms with van der Waals surface area (Å²) in [4.78, 5) is 0. The van der Waals surface area contributed by atoms with Gasteiger partial charge in [-0.2, -0.15) is 0 Å². The Morgan fingerprint density at radius 2 is 1.50 bits per heavy atom. The molecular formula is C33H33F5. The van der Waals surface area contributed by atoms with E-state index in [2.05, 4.69) is 13.0 Å². The molecule has 5 heteroatoms. The molecule has 0 N–H and O–H groups in total. The first kappa shape index (κ1) is 26.6. The Kier molecular flexibility index (Phi) is 7.74. The predicted octanol–water partition coefficient (Wildman–Crippen LogP) is 10.3. The molecule has 0 saturated carbocycles. The molecule has 38 heavy (non-hydrogen) atoms. The fourth-order valence-electron chi connectivity index (χ4n) is 6.12. The Hall–Kier alpha value is -2.95. The Morgan fingerprint density at radius 1 is 0.763 bits per heavy atom. The number of allylic oxidation sites excluding steroid dienone is 2. The topological polar surface area (TPSA) is 0 Å². The molecule has 0 radical (unpaired) electrons. The maximum absolute atomic E-state index is 15.3. The Labute approximate surface area is 221 Å². The molecule has 200 valence electrons. The highest BCUT2D eigenvalue weighted by Crippen LogP contribution is 2.45. The molecule has 0 amide bonds. The van der Waals surface area contributed by atoms with Crippen molar-refractivity contribution < 1.29 is 22.0 Å². The molecule has 0 heterocycles. The van der Waals surface area contributed by atoms with Crippen LogP contribution < -0.4 is 0 Å². The molecule has 0 spiro atoms. The summed E-state index contributed by atoms with van der Waals surface area (Å²) in [6, 6.07) is 7.56. The molecule has 0 saturated heterocycles. The summed E-state index contributed by atoms with van der Waals surface area (Å²) in [7, 11) is 0. The van der Waals surface area contributed by atoms with Crippen molar-refractivity contribution in [1.29, 1.82) is 0 Å². The molecule has 1 atom stereocenters. The van der Waals surface area contributed by atoms with Crippen molar-refractivity contribution in [2.24, 2.45) is 5.92 Å². The van der Waals surface area contributed by atoms with Crippen LogP contribution in [0.3, 0.4) is 0 Å². The lowest BCUT2D eigenvalue weighted by molar-refractivity contribution is 0.428. The van der Waals surface area contributed by atoms with E-state index >= 15 is 13.2 Å². The maximum Gasteiger partial charge on any atom is 0.167 e. The fraction of sp³-hybridized carbons (Fsp3) is 0.394. The molecule has 0 aliphatic heterocycles. The molecule has 2 aliphatic carbocycles. The first-order valence-electron chi connectivity index (χ1n) is 13.8. The van der Waals surface area contributed by atoms with E-state index in [1.54, 1.807) is 6.07 Å². The van der Waals surface area contributed by atoms with Crippen molar-refractivity contribution in [3.63, 3.8) is 0 Å². The summed E-state index contributed by atoms with van der Waals surface area (Å²) in [6.07, 6.45) is 11.1. The molecular weight excluding hydrogens is 491 g/mol. The van der Waals surface area contributed by atoms with E-state index < -0.39 is 29.1 Å². The van der Waals surface area contributed by atoms with Gasteiger partial charge in [0.05, 0.1) is 0 Å². The van der Waals surface area contributed by atoms with Gasteiger partial charge in [-0.05, 0) is 78.0 Å². The van der Waals surface area contributed by atoms with Gasteiger partial charge in [0.2, 0.25) is 0 Å². The zero-order valence-electron chi connectivity index (χ0n) is 22.0. The summed E-state index contributed by atoms with van der Waals surface area (Å²) >= 11 is 0. The van der Waals surface area contributed by atoms with Crippen molar-refractivity contribution in [3.8, 4) is 22.3 Å². The largest absolute Gasteiger partial charge is 0.206 e. The van der Waals surface area contributed by atoms with Gasteiger partial charge in [0.15, 0.2) is 23.3 Å². The highest BCUT2D eigenvalue weighted by molar-refractivity contribution is 5.82. The van der Waals surface area contributed by atoms with Gasteiger partial charge in [-0.15, -0.1) is 0 Å². The summed E-state index contributed by atoms with van der Waals surface area (Å²) in [5.74, 6) is -4.67. The van der Waals surface area contributed by atoms with Crippen molar-refractivity contribution in [2.45, 2.75) is 78.1 Å². The number of unbranched alkanes of at least 4 members (excludes halogenated alkanes) is 2. The summed E-state index contributed by atoms with van der Waals surface area (Å²) < 4.78 is 75.5. The lowest BCUT2D eigenvalue weighted by Gasteiger charge is -2.22. The normalized spacial score (nSPS) is 16.4. The Bertz CT molecular complexity index is 1400. The number of aryl methyl sites for hydroxylation is 1. The summed E-state index contributed by atoms with van der Waals surface area (Å²) in [5.41, 5.74) is 2.07. The molecule has 0 fully saturated rings. The number of benzene rings is 3. The predicted molar refractivity (Wildman–Crippen MR) is 143 cm³/mol. The van der Waals surface area contributed by atoms with Crippen LogP contribution in [0.5, 0.6) is 0 Å². The van der Waals surface area contributed by atoms with Gasteiger partial charge in [0.25, 0.3) is 0 Å². The van der Waals surface area contributed by atoms with E-state index in [1.165, 1.54) is 49.9 Å². The standard InChI is InChI=1S/C33H33F5/c1-3-5-6-8-19-9-11-20(12-10-19)21-13-14-25(27(34)18-21)26-17-24-16-23-15-22(7-4-2)30(35)32(37)28(23)29(24)33(38)31(26)36/h11,13-15,17-19H,3-10,12,16H2,1-2H3. The molecule has 1 unspecified atom stereocenters. The summed E-state index contributed by atoms with van der Waals surface area (Å²) in [6.45, 7) is 4.06. The van der Waals surface area contributed by atoms with Gasteiger partial charge in [0.1, 0.15) is 5.82 Å². The second-order valence-electron chi connectivity index (χ2n) is 10.8. The average molecular weight is 525 g/mol. The Morgan fingerprint density at radius 3 is 2.16 bits per heavy atom. The van der Waals surface area contributed by atoms with Crippen LogP contribution in [-0.2, 0) is 12.8 Å². The SMILES string of the molecule is CCCCCC1CC=C(c2ccc(-c3cc4c(c(F)c3F)-c3c(cc(CCC)c(F)c3F)C4)c(F)c2)CC1. The maximum atomic E-state index is 15.3. The molecule has 0 nitrogen and oxygen atoms in total. The highest BCUT2D eigenvalue weighted by Gasteiger charge is 2.32. The first-order valence-corrected chi connectivity index (χ1v) is 13.8. The third-order valence-corrected chi connectivity index (χ3v) is 8.17. The van der Waals surface area contributed by atoms with Gasteiger partial charge >= 0.3 is 0 Å². The third-order valence-electron chi connectivity index (χ3n) is 8.17. The quantitative estimate of drug-likeness (QED) is 0.159. The van der Waals surface area contributed by atoms with Crippen LogP contribution in [-0.4, -0.2) is 0 Å². The van der Waals surface area contributed by atoms with Crippen molar-refractivity contribution in [3.05, 3.63) is 87.7 Å². The molecule has 0 bridgehead atoms. The zero-order valence-corrected chi connectivity index (χ0v) is 22.0. The summed E-state index contributed by atoms with van der Waals surface area (Å²) in [5, 5.41) is 0. The van der Waals surface area contributed by atoms with Gasteiger partial charge in [-0.1, -0.05) is 70.2 Å². The van der Waals surface area contributed by atoms with E-state index in [4.69, 9.17) is 0 Å². The van der Waals surface area contributed by atoms with Crippen LogP contribution in [0.25, 0.3) is 27.8 Å². The molecule has 5 rings (SSSR count). The zero-order chi connectivity index (χ0) is 27.0. The van der Waals surface area contributed by atoms with E-state index in [0.717, 1.165) is 30.4 Å². The van der Waals surface area contributed by atoms with E-state index in [9.17, 15) is 8.78 Å². The third kappa shape index (κ3) is 4.81. The minimum Gasteiger partial charge on any atom is -0.206 e. The van der Waals surface area contributed by atoms with E-state index in [1.807, 2.05) is 6.92 Å². The highest BCUT2D eigenvalue weighted by atomic mass is 19.2. The number of halogens is 5. The van der Waals surface area contributed by atoms with Gasteiger partial charge in [0, 0.05) is 22.3 Å². The van der Waals surface area contributed by atoms with Crippen LogP contribution in [0.2, 0.25) is 0 Å². The number of hydrogen-bond donors (Lipinski definition) is 0. The first-order chi connectivity index (χ1) is 18.3. The van der Waals surface area contributed by atoms with Crippen LogP contribution in [0, 0.1) is 35.0 Å². The second kappa shape index (κ2) is 11.0. The van der Waals surface area contributed by atoms with E-state index in [-0.39, 0.29) is 34.2 Å². The second-order valence-corrected chi connectivity index (χ2v) is 10.8. The fourth-order valence-corrected chi connectivity index (χ4v) is 6.12. The van der Waals surface area contributed by atoms with Gasteiger partial charge in [-0.25, -0.2) is 22.0 Å².